The Hall–Kier alpha value is -3.19. The van der Waals surface area contributed by atoms with Crippen molar-refractivity contribution in [2.24, 2.45) is 0 Å². The summed E-state index contributed by atoms with van der Waals surface area (Å²) in [7, 11) is 1.59. The monoisotopic (exact) mass is 463 g/mol. The van der Waals surface area contributed by atoms with Gasteiger partial charge in [-0.25, -0.2) is 0 Å². The Labute approximate surface area is 201 Å². The van der Waals surface area contributed by atoms with E-state index in [1.54, 1.807) is 24.9 Å². The summed E-state index contributed by atoms with van der Waals surface area (Å²) in [5.41, 5.74) is 2.92. The van der Waals surface area contributed by atoms with Crippen molar-refractivity contribution in [3.05, 3.63) is 70.8 Å². The van der Waals surface area contributed by atoms with Crippen molar-refractivity contribution in [2.75, 3.05) is 39.9 Å². The molecule has 180 valence electrons. The summed E-state index contributed by atoms with van der Waals surface area (Å²) in [5, 5.41) is 2.65. The van der Waals surface area contributed by atoms with E-state index in [1.165, 1.54) is 0 Å². The fourth-order valence-corrected chi connectivity index (χ4v) is 5.25. The predicted molar refractivity (Wildman–Crippen MR) is 129 cm³/mol. The van der Waals surface area contributed by atoms with Crippen LogP contribution in [0.15, 0.2) is 48.5 Å². The number of amides is 3. The van der Waals surface area contributed by atoms with Crippen molar-refractivity contribution in [2.45, 2.75) is 38.1 Å². The van der Waals surface area contributed by atoms with Crippen molar-refractivity contribution < 1.29 is 19.1 Å². The molecule has 2 aromatic rings. The van der Waals surface area contributed by atoms with Crippen LogP contribution in [-0.2, 0) is 19.7 Å². The minimum atomic E-state index is -0.628. The first kappa shape index (κ1) is 24.0. The Morgan fingerprint density at radius 1 is 1.03 bits per heavy atom. The Morgan fingerprint density at radius 3 is 2.44 bits per heavy atom. The smallest absolute Gasteiger partial charge is 0.251 e. The van der Waals surface area contributed by atoms with Gasteiger partial charge in [0.15, 0.2) is 0 Å². The van der Waals surface area contributed by atoms with Crippen LogP contribution in [0.1, 0.15) is 52.9 Å². The number of aryl methyl sites for hydroxylation is 1. The predicted octanol–water partition coefficient (Wildman–Crippen LogP) is 2.83. The van der Waals surface area contributed by atoms with Gasteiger partial charge in [0, 0.05) is 52.4 Å². The van der Waals surface area contributed by atoms with E-state index in [1.807, 2.05) is 48.2 Å². The number of nitrogens with zero attached hydrogens (tertiary/aromatic N) is 2. The van der Waals surface area contributed by atoms with E-state index in [9.17, 15) is 14.4 Å². The van der Waals surface area contributed by atoms with Crippen molar-refractivity contribution in [1.29, 1.82) is 0 Å². The van der Waals surface area contributed by atoms with Crippen LogP contribution in [-0.4, -0.2) is 67.4 Å². The Morgan fingerprint density at radius 2 is 1.76 bits per heavy atom. The molecule has 34 heavy (non-hydrogen) atoms. The normalized spacial score (nSPS) is 20.0. The number of piperazine rings is 1. The number of nitrogens with one attached hydrogen (secondary N) is 1. The molecular formula is C27H33N3O4. The zero-order valence-corrected chi connectivity index (χ0v) is 20.2. The first-order valence-electron chi connectivity index (χ1n) is 11.9. The number of carbonyl (C=O) groups excluding carboxylic acids is 3. The molecule has 0 bridgehead atoms. The van der Waals surface area contributed by atoms with Gasteiger partial charge in [-0.15, -0.1) is 0 Å². The molecule has 2 fully saturated rings. The second-order valence-corrected chi connectivity index (χ2v) is 9.25. The lowest BCUT2D eigenvalue weighted by atomic mass is 9.72. The molecule has 3 amide bonds. The van der Waals surface area contributed by atoms with Gasteiger partial charge in [-0.2, -0.15) is 0 Å². The fourth-order valence-electron chi connectivity index (χ4n) is 5.25. The van der Waals surface area contributed by atoms with E-state index in [0.717, 1.165) is 16.7 Å². The Kier molecular flexibility index (Phi) is 7.03. The number of ether oxygens (including phenoxy) is 1. The first-order chi connectivity index (χ1) is 16.4. The van der Waals surface area contributed by atoms with E-state index in [-0.39, 0.29) is 23.8 Å². The van der Waals surface area contributed by atoms with Gasteiger partial charge in [0.05, 0.1) is 11.5 Å². The highest BCUT2D eigenvalue weighted by Gasteiger charge is 2.46. The van der Waals surface area contributed by atoms with Gasteiger partial charge < -0.3 is 19.9 Å². The minimum absolute atomic E-state index is 0.0399. The lowest BCUT2D eigenvalue weighted by molar-refractivity contribution is -0.148. The van der Waals surface area contributed by atoms with E-state index in [2.05, 4.69) is 11.4 Å². The van der Waals surface area contributed by atoms with Gasteiger partial charge in [-0.1, -0.05) is 42.0 Å². The zero-order chi connectivity index (χ0) is 24.3. The first-order valence-corrected chi connectivity index (χ1v) is 11.9. The van der Waals surface area contributed by atoms with Crippen LogP contribution in [0.4, 0.5) is 0 Å². The molecule has 1 N–H and O–H groups in total. The maximum atomic E-state index is 14.2. The van der Waals surface area contributed by atoms with Gasteiger partial charge in [-0.3, -0.25) is 14.4 Å². The van der Waals surface area contributed by atoms with E-state index in [0.29, 0.717) is 51.3 Å². The summed E-state index contributed by atoms with van der Waals surface area (Å²) < 4.78 is 5.64. The number of hydrogen-bond donors (Lipinski definition) is 1. The average Bonchev–Trinajstić information content (AvgIpc) is 2.87. The molecule has 2 aliphatic heterocycles. The topological polar surface area (TPSA) is 79.0 Å². The molecule has 1 atom stereocenters. The molecule has 0 aliphatic carbocycles. The molecule has 7 heteroatoms. The maximum absolute atomic E-state index is 14.2. The molecule has 0 unspecified atom stereocenters. The molecule has 0 aromatic heterocycles. The van der Waals surface area contributed by atoms with Gasteiger partial charge in [-0.05, 0) is 43.0 Å². The zero-order valence-electron chi connectivity index (χ0n) is 20.2. The minimum Gasteiger partial charge on any atom is -0.381 e. The van der Waals surface area contributed by atoms with Gasteiger partial charge in [0.25, 0.3) is 5.91 Å². The Bertz CT molecular complexity index is 1080. The summed E-state index contributed by atoms with van der Waals surface area (Å²) in [5.74, 6) is -0.125. The standard InChI is InChI=1S/C27H33N3O4/c1-19-6-4-9-23(16-19)27(10-14-34-15-11-27)26(33)29-12-13-30(20(2)31)24(18-29)21-7-5-8-22(17-21)25(32)28-3/h4-9,16-17,24H,10-15,18H2,1-3H3,(H,28,32)/t24-/m1/s1. The lowest BCUT2D eigenvalue weighted by Crippen LogP contribution is -2.57. The maximum Gasteiger partial charge on any atom is 0.251 e. The molecule has 0 radical (unpaired) electrons. The molecule has 0 spiro atoms. The van der Waals surface area contributed by atoms with E-state index in [4.69, 9.17) is 4.74 Å². The number of benzene rings is 2. The quantitative estimate of drug-likeness (QED) is 0.756. The van der Waals surface area contributed by atoms with Crippen molar-refractivity contribution in [3.8, 4) is 0 Å². The van der Waals surface area contributed by atoms with Gasteiger partial charge in [0.2, 0.25) is 11.8 Å². The van der Waals surface area contributed by atoms with Crippen LogP contribution in [0.2, 0.25) is 0 Å². The summed E-state index contributed by atoms with van der Waals surface area (Å²) >= 11 is 0. The van der Waals surface area contributed by atoms with Gasteiger partial charge >= 0.3 is 0 Å². The van der Waals surface area contributed by atoms with Crippen molar-refractivity contribution in [3.63, 3.8) is 0 Å². The van der Waals surface area contributed by atoms with Crippen molar-refractivity contribution in [1.82, 2.24) is 15.1 Å². The lowest BCUT2D eigenvalue weighted by Gasteiger charge is -2.46. The third-order valence-electron chi connectivity index (χ3n) is 7.16. The number of hydrogen-bond acceptors (Lipinski definition) is 4. The molecule has 0 saturated carbocycles. The third-order valence-corrected chi connectivity index (χ3v) is 7.16. The van der Waals surface area contributed by atoms with Crippen LogP contribution >= 0.6 is 0 Å². The highest BCUT2D eigenvalue weighted by atomic mass is 16.5. The van der Waals surface area contributed by atoms with E-state index >= 15 is 0 Å². The fraction of sp³-hybridized carbons (Fsp3) is 0.444. The van der Waals surface area contributed by atoms with Crippen LogP contribution < -0.4 is 5.32 Å². The molecular weight excluding hydrogens is 430 g/mol. The van der Waals surface area contributed by atoms with Crippen molar-refractivity contribution >= 4 is 17.7 Å². The summed E-state index contributed by atoms with van der Waals surface area (Å²) in [6.45, 7) is 6.02. The summed E-state index contributed by atoms with van der Waals surface area (Å²) in [6, 6.07) is 15.2. The van der Waals surface area contributed by atoms with Crippen LogP contribution in [0.25, 0.3) is 0 Å². The number of carbonyl (C=O) groups is 3. The third kappa shape index (κ3) is 4.57. The second kappa shape index (κ2) is 9.97. The van der Waals surface area contributed by atoms with Crippen LogP contribution in [0.3, 0.4) is 0 Å². The highest BCUT2D eigenvalue weighted by molar-refractivity contribution is 5.94. The SMILES string of the molecule is CNC(=O)c1cccc([C@H]2CN(C(=O)C3(c4cccc(C)c4)CCOCC3)CCN2C(C)=O)c1. The molecule has 7 nitrogen and oxygen atoms in total. The second-order valence-electron chi connectivity index (χ2n) is 9.25. The largest absolute Gasteiger partial charge is 0.381 e. The molecule has 2 aliphatic rings. The van der Waals surface area contributed by atoms with Crippen LogP contribution in [0, 0.1) is 6.92 Å². The molecule has 2 saturated heterocycles. The molecule has 2 heterocycles. The summed E-state index contributed by atoms with van der Waals surface area (Å²) in [4.78, 5) is 42.6. The highest BCUT2D eigenvalue weighted by Crippen LogP contribution is 2.39. The molecule has 2 aromatic carbocycles. The Balaban J connectivity index is 1.67. The van der Waals surface area contributed by atoms with Gasteiger partial charge in [0.1, 0.15) is 0 Å². The average molecular weight is 464 g/mol. The molecule has 4 rings (SSSR count). The van der Waals surface area contributed by atoms with E-state index < -0.39 is 5.41 Å². The summed E-state index contributed by atoms with van der Waals surface area (Å²) in [6.07, 6.45) is 1.28. The number of rotatable bonds is 4. The van der Waals surface area contributed by atoms with Crippen LogP contribution in [0.5, 0.6) is 0 Å².